The molecule has 2 atom stereocenters. The predicted octanol–water partition coefficient (Wildman–Crippen LogP) is 1.73. The number of fused-ring (bicyclic) bond motifs is 1. The number of morpholine rings is 1. The Bertz CT molecular complexity index is 1200. The van der Waals surface area contributed by atoms with Crippen molar-refractivity contribution < 1.29 is 13.9 Å². The molecule has 2 N–H and O–H groups in total. The first-order valence-corrected chi connectivity index (χ1v) is 10.1. The first-order chi connectivity index (χ1) is 14.9. The van der Waals surface area contributed by atoms with Crippen molar-refractivity contribution in [3.05, 3.63) is 58.6 Å². The number of aromatic nitrogens is 1. The summed E-state index contributed by atoms with van der Waals surface area (Å²) in [7, 11) is 1.67. The van der Waals surface area contributed by atoms with E-state index in [9.17, 15) is 14.9 Å². The number of nitrogens with one attached hydrogen (secondary N) is 2. The molecule has 1 amide bonds. The number of oxazole rings is 1. The van der Waals surface area contributed by atoms with Crippen LogP contribution in [0, 0.1) is 11.3 Å². The van der Waals surface area contributed by atoms with Gasteiger partial charge in [0.1, 0.15) is 6.04 Å². The van der Waals surface area contributed by atoms with E-state index in [2.05, 4.69) is 16.7 Å². The third-order valence-corrected chi connectivity index (χ3v) is 5.62. The number of carbonyl (C=O) groups excluding carboxylic acids is 1. The van der Waals surface area contributed by atoms with Gasteiger partial charge in [-0.05, 0) is 35.7 Å². The van der Waals surface area contributed by atoms with E-state index < -0.39 is 17.4 Å². The minimum Gasteiger partial charge on any atom is -0.408 e. The zero-order valence-corrected chi connectivity index (χ0v) is 17.5. The van der Waals surface area contributed by atoms with E-state index in [0.717, 1.165) is 22.2 Å². The van der Waals surface area contributed by atoms with Crippen LogP contribution in [-0.4, -0.2) is 41.8 Å². The van der Waals surface area contributed by atoms with Crippen molar-refractivity contribution in [3.63, 3.8) is 0 Å². The Balaban J connectivity index is 1.46. The van der Waals surface area contributed by atoms with E-state index in [1.807, 2.05) is 36.4 Å². The number of amides is 1. The largest absolute Gasteiger partial charge is 0.419 e. The van der Waals surface area contributed by atoms with Gasteiger partial charge >= 0.3 is 5.76 Å². The summed E-state index contributed by atoms with van der Waals surface area (Å²) in [6.07, 6.45) is 0.390. The molecule has 0 radical (unpaired) electrons. The van der Waals surface area contributed by atoms with Gasteiger partial charge in [-0.1, -0.05) is 30.3 Å². The first-order valence-electron chi connectivity index (χ1n) is 10.1. The van der Waals surface area contributed by atoms with Gasteiger partial charge in [0.05, 0.1) is 18.2 Å². The minimum atomic E-state index is -0.969. The summed E-state index contributed by atoms with van der Waals surface area (Å²) in [5, 5.41) is 15.5. The van der Waals surface area contributed by atoms with E-state index in [1.54, 1.807) is 20.0 Å². The van der Waals surface area contributed by atoms with Gasteiger partial charge in [-0.3, -0.25) is 9.36 Å². The number of nitriles is 1. The number of hydrogen-bond acceptors (Lipinski definition) is 6. The molecule has 1 aliphatic heterocycles. The summed E-state index contributed by atoms with van der Waals surface area (Å²) in [5.74, 6) is -0.683. The van der Waals surface area contributed by atoms with Gasteiger partial charge < -0.3 is 19.8 Å². The maximum absolute atomic E-state index is 12.6. The second kappa shape index (κ2) is 8.38. The average Bonchev–Trinajstić information content (AvgIpc) is 3.07. The van der Waals surface area contributed by atoms with E-state index in [0.29, 0.717) is 31.7 Å². The normalized spacial score (nSPS) is 19.6. The van der Waals surface area contributed by atoms with Crippen molar-refractivity contribution in [1.82, 2.24) is 15.2 Å². The van der Waals surface area contributed by atoms with Gasteiger partial charge in [0.2, 0.25) is 0 Å². The fraction of sp³-hybridized carbons (Fsp3) is 0.348. The second-order valence-corrected chi connectivity index (χ2v) is 7.92. The molecule has 2 heterocycles. The number of aryl methyl sites for hydroxylation is 1. The SMILES string of the molecule is Cn1c(=O)oc2ccc(-c3ccc(CC(C#N)NC(=O)[C@@]4(C)CNCCO4)cc3)cc21. The molecule has 8 heteroatoms. The van der Waals surface area contributed by atoms with Crippen LogP contribution in [0.15, 0.2) is 51.7 Å². The van der Waals surface area contributed by atoms with Crippen molar-refractivity contribution in [2.24, 2.45) is 7.05 Å². The number of ether oxygens (including phenoxy) is 1. The fourth-order valence-electron chi connectivity index (χ4n) is 3.69. The molecule has 1 saturated heterocycles. The molecule has 1 aliphatic rings. The van der Waals surface area contributed by atoms with Gasteiger partial charge in [-0.15, -0.1) is 0 Å². The molecule has 2 aromatic carbocycles. The van der Waals surface area contributed by atoms with Crippen LogP contribution in [0.4, 0.5) is 0 Å². The molecule has 1 aromatic heterocycles. The molecule has 1 fully saturated rings. The molecule has 0 spiro atoms. The Hall–Kier alpha value is -3.41. The summed E-state index contributed by atoms with van der Waals surface area (Å²) in [6, 6.07) is 14.9. The summed E-state index contributed by atoms with van der Waals surface area (Å²) >= 11 is 0. The lowest BCUT2D eigenvalue weighted by molar-refractivity contribution is -0.148. The van der Waals surface area contributed by atoms with Crippen molar-refractivity contribution >= 4 is 17.0 Å². The molecule has 31 heavy (non-hydrogen) atoms. The monoisotopic (exact) mass is 420 g/mol. The van der Waals surface area contributed by atoms with Crippen LogP contribution >= 0.6 is 0 Å². The fourth-order valence-corrected chi connectivity index (χ4v) is 3.69. The number of nitrogens with zero attached hydrogens (tertiary/aromatic N) is 2. The van der Waals surface area contributed by atoms with Gasteiger partial charge in [0, 0.05) is 26.6 Å². The molecule has 1 unspecified atom stereocenters. The van der Waals surface area contributed by atoms with Crippen LogP contribution < -0.4 is 16.4 Å². The Morgan fingerprint density at radius 3 is 2.71 bits per heavy atom. The highest BCUT2D eigenvalue weighted by molar-refractivity contribution is 5.85. The molecule has 4 rings (SSSR count). The Labute approximate surface area is 179 Å². The van der Waals surface area contributed by atoms with Crippen LogP contribution in [0.25, 0.3) is 22.2 Å². The highest BCUT2D eigenvalue weighted by Crippen LogP contribution is 2.24. The topological polar surface area (TPSA) is 109 Å². The number of benzene rings is 2. The summed E-state index contributed by atoms with van der Waals surface area (Å²) < 4.78 is 12.3. The van der Waals surface area contributed by atoms with Crippen LogP contribution in [-0.2, 0) is 23.0 Å². The van der Waals surface area contributed by atoms with Gasteiger partial charge in [-0.25, -0.2) is 4.79 Å². The molecule has 8 nitrogen and oxygen atoms in total. The second-order valence-electron chi connectivity index (χ2n) is 7.92. The zero-order chi connectivity index (χ0) is 22.0. The van der Waals surface area contributed by atoms with Gasteiger partial charge in [-0.2, -0.15) is 5.26 Å². The van der Waals surface area contributed by atoms with E-state index in [-0.39, 0.29) is 5.91 Å². The number of rotatable bonds is 5. The lowest BCUT2D eigenvalue weighted by atomic mass is 9.99. The summed E-state index contributed by atoms with van der Waals surface area (Å²) in [5.41, 5.74) is 3.17. The van der Waals surface area contributed by atoms with Gasteiger partial charge in [0.25, 0.3) is 5.91 Å². The Morgan fingerprint density at radius 1 is 1.29 bits per heavy atom. The van der Waals surface area contributed by atoms with Crippen LogP contribution in [0.5, 0.6) is 0 Å². The minimum absolute atomic E-state index is 0.290. The van der Waals surface area contributed by atoms with Crippen molar-refractivity contribution in [1.29, 1.82) is 5.26 Å². The highest BCUT2D eigenvalue weighted by Gasteiger charge is 2.37. The number of hydrogen-bond donors (Lipinski definition) is 2. The maximum atomic E-state index is 12.6. The van der Waals surface area contributed by atoms with Crippen LogP contribution in [0.3, 0.4) is 0 Å². The lowest BCUT2D eigenvalue weighted by Crippen LogP contribution is -2.58. The third-order valence-electron chi connectivity index (χ3n) is 5.62. The highest BCUT2D eigenvalue weighted by atomic mass is 16.5. The Morgan fingerprint density at radius 2 is 2.03 bits per heavy atom. The van der Waals surface area contributed by atoms with Crippen LogP contribution in [0.1, 0.15) is 12.5 Å². The number of carbonyl (C=O) groups is 1. The molecule has 0 aliphatic carbocycles. The Kier molecular flexibility index (Phi) is 5.63. The van der Waals surface area contributed by atoms with Gasteiger partial charge in [0.15, 0.2) is 11.2 Å². The molecule has 3 aromatic rings. The van der Waals surface area contributed by atoms with E-state index >= 15 is 0 Å². The van der Waals surface area contributed by atoms with Crippen molar-refractivity contribution in [2.75, 3.05) is 19.7 Å². The van der Waals surface area contributed by atoms with Crippen molar-refractivity contribution in [2.45, 2.75) is 25.0 Å². The quantitative estimate of drug-likeness (QED) is 0.651. The first kappa shape index (κ1) is 20.8. The zero-order valence-electron chi connectivity index (χ0n) is 17.5. The standard InChI is InChI=1S/C23H24N4O4/c1-23(14-25-9-10-30-23)21(28)26-18(13-24)11-15-3-5-16(6-4-15)17-7-8-20-19(12-17)27(2)22(29)31-20/h3-8,12,18,25H,9-11,14H2,1-2H3,(H,26,28)/t18?,23-/m1/s1. The molecular weight excluding hydrogens is 396 g/mol. The summed E-state index contributed by atoms with van der Waals surface area (Å²) in [4.78, 5) is 24.3. The molecule has 0 saturated carbocycles. The van der Waals surface area contributed by atoms with E-state index in [4.69, 9.17) is 9.15 Å². The maximum Gasteiger partial charge on any atom is 0.419 e. The molecular formula is C23H24N4O4. The van der Waals surface area contributed by atoms with Crippen LogP contribution in [0.2, 0.25) is 0 Å². The van der Waals surface area contributed by atoms with Crippen molar-refractivity contribution in [3.8, 4) is 17.2 Å². The lowest BCUT2D eigenvalue weighted by Gasteiger charge is -2.33. The predicted molar refractivity (Wildman–Crippen MR) is 115 cm³/mol. The molecule has 160 valence electrons. The third kappa shape index (κ3) is 4.24. The summed E-state index contributed by atoms with van der Waals surface area (Å²) in [6.45, 7) is 3.31. The van der Waals surface area contributed by atoms with E-state index in [1.165, 1.54) is 4.57 Å². The molecule has 0 bridgehead atoms. The smallest absolute Gasteiger partial charge is 0.408 e. The average molecular weight is 420 g/mol.